The van der Waals surface area contributed by atoms with Crippen molar-refractivity contribution >= 4 is 27.7 Å². The van der Waals surface area contributed by atoms with Gasteiger partial charge in [-0.15, -0.1) is 0 Å². The van der Waals surface area contributed by atoms with E-state index in [-0.39, 0.29) is 5.91 Å². The number of methoxy groups -OCH3 is 2. The zero-order valence-corrected chi connectivity index (χ0v) is 19.3. The number of H-pyrrole nitrogens is 1. The van der Waals surface area contributed by atoms with Crippen molar-refractivity contribution in [2.24, 2.45) is 0 Å². The number of nitrogens with zero attached hydrogens (tertiary/aromatic N) is 1. The number of pyridine rings is 1. The van der Waals surface area contributed by atoms with Crippen LogP contribution in [0.1, 0.15) is 21.6 Å². The maximum Gasteiger partial charge on any atom is 0.270 e. The van der Waals surface area contributed by atoms with Crippen LogP contribution in [0.5, 0.6) is 11.5 Å². The molecule has 0 aliphatic carbocycles. The lowest BCUT2D eigenvalue weighted by molar-refractivity contribution is 0.0946. The summed E-state index contributed by atoms with van der Waals surface area (Å²) in [6.45, 7) is 2.39. The molecule has 1 amide bonds. The third-order valence-corrected chi connectivity index (χ3v) is 5.96. The van der Waals surface area contributed by atoms with Gasteiger partial charge in [-0.05, 0) is 36.8 Å². The van der Waals surface area contributed by atoms with Gasteiger partial charge in [-0.2, -0.15) is 0 Å². The molecular formula is C28H25N3O3. The number of rotatable bonds is 6. The van der Waals surface area contributed by atoms with Crippen molar-refractivity contribution in [3.05, 3.63) is 89.6 Å². The van der Waals surface area contributed by atoms with Crippen LogP contribution in [0.2, 0.25) is 0 Å². The molecule has 0 unspecified atom stereocenters. The van der Waals surface area contributed by atoms with Crippen LogP contribution in [0.25, 0.3) is 33.1 Å². The fourth-order valence-electron chi connectivity index (χ4n) is 4.15. The predicted molar refractivity (Wildman–Crippen MR) is 134 cm³/mol. The number of ether oxygens (including phenoxy) is 2. The molecule has 2 aromatic heterocycles. The van der Waals surface area contributed by atoms with Gasteiger partial charge in [0.05, 0.1) is 25.4 Å². The molecular weight excluding hydrogens is 426 g/mol. The molecule has 6 nitrogen and oxygen atoms in total. The standard InChI is InChI=1S/C28H25N3O3/c1-17-8-11-19(12-9-17)26-27-21(20-6-4-5-7-22(20)30-27)15-23(31-26)28(32)29-16-18-10-13-24(33-2)25(14-18)34-3/h4-15,30H,16H2,1-3H3,(H,29,32). The van der Waals surface area contributed by atoms with Crippen molar-refractivity contribution in [3.63, 3.8) is 0 Å². The highest BCUT2D eigenvalue weighted by Crippen LogP contribution is 2.33. The van der Waals surface area contributed by atoms with E-state index in [1.807, 2.05) is 61.5 Å². The second-order valence-electron chi connectivity index (χ2n) is 8.19. The number of fused-ring (bicyclic) bond motifs is 3. The second kappa shape index (κ2) is 8.90. The van der Waals surface area contributed by atoms with Gasteiger partial charge < -0.3 is 19.8 Å². The van der Waals surface area contributed by atoms with E-state index in [1.54, 1.807) is 14.2 Å². The number of aryl methyl sites for hydroxylation is 1. The Morgan fingerprint density at radius 2 is 1.68 bits per heavy atom. The Hall–Kier alpha value is -4.32. The number of carbonyl (C=O) groups is 1. The number of aromatic nitrogens is 2. The van der Waals surface area contributed by atoms with Crippen LogP contribution in [0, 0.1) is 6.92 Å². The largest absolute Gasteiger partial charge is 0.493 e. The van der Waals surface area contributed by atoms with Gasteiger partial charge in [-0.3, -0.25) is 4.79 Å². The van der Waals surface area contributed by atoms with Crippen LogP contribution in [-0.4, -0.2) is 30.1 Å². The summed E-state index contributed by atoms with van der Waals surface area (Å²) in [5, 5.41) is 5.02. The minimum absolute atomic E-state index is 0.240. The summed E-state index contributed by atoms with van der Waals surface area (Å²) >= 11 is 0. The quantitative estimate of drug-likeness (QED) is 0.350. The van der Waals surface area contributed by atoms with Crippen molar-refractivity contribution in [2.45, 2.75) is 13.5 Å². The molecule has 5 rings (SSSR count). The first-order valence-corrected chi connectivity index (χ1v) is 11.0. The normalized spacial score (nSPS) is 11.0. The highest BCUT2D eigenvalue weighted by Gasteiger charge is 2.17. The number of para-hydroxylation sites is 1. The number of benzene rings is 3. The summed E-state index contributed by atoms with van der Waals surface area (Å²) in [5.74, 6) is 1.02. The zero-order chi connectivity index (χ0) is 23.7. The molecule has 0 spiro atoms. The molecule has 0 saturated carbocycles. The van der Waals surface area contributed by atoms with E-state index >= 15 is 0 Å². The van der Waals surface area contributed by atoms with Gasteiger partial charge in [0.25, 0.3) is 5.91 Å². The zero-order valence-electron chi connectivity index (χ0n) is 19.3. The molecule has 2 N–H and O–H groups in total. The van der Waals surface area contributed by atoms with Gasteiger partial charge in [0, 0.05) is 28.4 Å². The Balaban J connectivity index is 1.53. The maximum absolute atomic E-state index is 13.2. The Labute approximate surface area is 197 Å². The van der Waals surface area contributed by atoms with Crippen molar-refractivity contribution in [3.8, 4) is 22.8 Å². The number of carbonyl (C=O) groups excluding carboxylic acids is 1. The van der Waals surface area contributed by atoms with Gasteiger partial charge >= 0.3 is 0 Å². The first-order chi connectivity index (χ1) is 16.6. The highest BCUT2D eigenvalue weighted by atomic mass is 16.5. The molecule has 0 saturated heterocycles. The van der Waals surface area contributed by atoms with E-state index in [4.69, 9.17) is 14.5 Å². The fraction of sp³-hybridized carbons (Fsp3) is 0.143. The van der Waals surface area contributed by atoms with Gasteiger partial charge in [0.1, 0.15) is 5.69 Å². The lowest BCUT2D eigenvalue weighted by Crippen LogP contribution is -2.24. The molecule has 34 heavy (non-hydrogen) atoms. The molecule has 0 atom stereocenters. The van der Waals surface area contributed by atoms with E-state index in [0.717, 1.165) is 38.6 Å². The molecule has 2 heterocycles. The topological polar surface area (TPSA) is 76.2 Å². The highest BCUT2D eigenvalue weighted by molar-refractivity contribution is 6.13. The first-order valence-electron chi connectivity index (χ1n) is 11.0. The summed E-state index contributed by atoms with van der Waals surface area (Å²) in [6, 6.07) is 23.7. The average molecular weight is 452 g/mol. The summed E-state index contributed by atoms with van der Waals surface area (Å²) in [4.78, 5) is 21.5. The van der Waals surface area contributed by atoms with Crippen LogP contribution in [0.3, 0.4) is 0 Å². The van der Waals surface area contributed by atoms with Gasteiger partial charge in [0.15, 0.2) is 11.5 Å². The third kappa shape index (κ3) is 3.94. The Kier molecular flexibility index (Phi) is 5.64. The molecule has 6 heteroatoms. The lowest BCUT2D eigenvalue weighted by Gasteiger charge is -2.11. The molecule has 0 radical (unpaired) electrons. The molecule has 0 fully saturated rings. The Morgan fingerprint density at radius 3 is 2.44 bits per heavy atom. The van der Waals surface area contributed by atoms with Crippen LogP contribution >= 0.6 is 0 Å². The number of amides is 1. The Bertz CT molecular complexity index is 1500. The van der Waals surface area contributed by atoms with E-state index in [2.05, 4.69) is 28.5 Å². The Morgan fingerprint density at radius 1 is 0.912 bits per heavy atom. The van der Waals surface area contributed by atoms with Crippen molar-refractivity contribution in [1.82, 2.24) is 15.3 Å². The van der Waals surface area contributed by atoms with Crippen LogP contribution in [0.15, 0.2) is 72.8 Å². The smallest absolute Gasteiger partial charge is 0.270 e. The maximum atomic E-state index is 13.2. The molecule has 3 aromatic carbocycles. The first kappa shape index (κ1) is 21.5. The van der Waals surface area contributed by atoms with Crippen LogP contribution in [-0.2, 0) is 6.54 Å². The summed E-state index contributed by atoms with van der Waals surface area (Å²) in [7, 11) is 3.19. The second-order valence-corrected chi connectivity index (χ2v) is 8.19. The lowest BCUT2D eigenvalue weighted by atomic mass is 10.0. The number of nitrogens with one attached hydrogen (secondary N) is 2. The number of aromatic amines is 1. The van der Waals surface area contributed by atoms with E-state index in [1.165, 1.54) is 5.56 Å². The van der Waals surface area contributed by atoms with Crippen molar-refractivity contribution < 1.29 is 14.3 Å². The minimum Gasteiger partial charge on any atom is -0.493 e. The molecule has 5 aromatic rings. The summed E-state index contributed by atoms with van der Waals surface area (Å²) in [5.41, 5.74) is 6.07. The van der Waals surface area contributed by atoms with Crippen molar-refractivity contribution in [2.75, 3.05) is 14.2 Å². The fourth-order valence-corrected chi connectivity index (χ4v) is 4.15. The van der Waals surface area contributed by atoms with Crippen LogP contribution < -0.4 is 14.8 Å². The minimum atomic E-state index is -0.240. The number of hydrogen-bond acceptors (Lipinski definition) is 4. The van der Waals surface area contributed by atoms with Gasteiger partial charge in [0.2, 0.25) is 0 Å². The average Bonchev–Trinajstić information content (AvgIpc) is 3.25. The predicted octanol–water partition coefficient (Wildman–Crippen LogP) is 5.64. The molecule has 0 aliphatic rings. The molecule has 0 bridgehead atoms. The van der Waals surface area contributed by atoms with Crippen LogP contribution in [0.4, 0.5) is 0 Å². The van der Waals surface area contributed by atoms with E-state index in [0.29, 0.717) is 23.7 Å². The van der Waals surface area contributed by atoms with E-state index < -0.39 is 0 Å². The van der Waals surface area contributed by atoms with Gasteiger partial charge in [-0.25, -0.2) is 4.98 Å². The SMILES string of the molecule is COc1ccc(CNC(=O)c2cc3c([nH]c4ccccc43)c(-c3ccc(C)cc3)n2)cc1OC. The third-order valence-electron chi connectivity index (χ3n) is 5.96. The summed E-state index contributed by atoms with van der Waals surface area (Å²) < 4.78 is 10.7. The number of hydrogen-bond donors (Lipinski definition) is 2. The monoisotopic (exact) mass is 451 g/mol. The van der Waals surface area contributed by atoms with Gasteiger partial charge in [-0.1, -0.05) is 54.1 Å². The molecule has 170 valence electrons. The molecule has 0 aliphatic heterocycles. The van der Waals surface area contributed by atoms with E-state index in [9.17, 15) is 4.79 Å². The van der Waals surface area contributed by atoms with Crippen molar-refractivity contribution in [1.29, 1.82) is 0 Å². The summed E-state index contributed by atoms with van der Waals surface area (Å²) in [6.07, 6.45) is 0.